The van der Waals surface area contributed by atoms with Crippen LogP contribution >= 0.6 is 0 Å². The average Bonchev–Trinajstić information content (AvgIpc) is 3.59. The molecule has 246 valence electrons. The Morgan fingerprint density at radius 2 is 0.962 bits per heavy atom. The molecule has 0 radical (unpaired) electrons. The van der Waals surface area contributed by atoms with E-state index in [9.17, 15) is 0 Å². The molecule has 2 heterocycles. The Bertz CT molecular complexity index is 3140. The van der Waals surface area contributed by atoms with Gasteiger partial charge in [0.2, 0.25) is 0 Å². The van der Waals surface area contributed by atoms with Gasteiger partial charge in [-0.1, -0.05) is 152 Å². The van der Waals surface area contributed by atoms with Crippen LogP contribution in [0.5, 0.6) is 0 Å². The zero-order chi connectivity index (χ0) is 34.9. The molecule has 0 N–H and O–H groups in total. The highest BCUT2D eigenvalue weighted by Crippen LogP contribution is 2.41. The number of fused-ring (bicyclic) bond motifs is 9. The molecular weight excluding hydrogens is 643 g/mol. The normalized spacial score (nSPS) is 11.8. The SMILES string of the molecule is c1ccc(-c2cccc(-c3nc(-c4cccc5cc(-n6c7ccc8ccccc8c7c7c8ccccc8ccc76)ccc45)nc4ccccc34)c2)cc1. The van der Waals surface area contributed by atoms with Crippen LogP contribution in [0.2, 0.25) is 0 Å². The van der Waals surface area contributed by atoms with Crippen LogP contribution in [0.25, 0.3) is 104 Å². The van der Waals surface area contributed by atoms with Gasteiger partial charge in [0.25, 0.3) is 0 Å². The first-order chi connectivity index (χ1) is 26.3. The average molecular weight is 674 g/mol. The van der Waals surface area contributed by atoms with E-state index in [1.807, 2.05) is 0 Å². The second-order valence-corrected chi connectivity index (χ2v) is 13.8. The largest absolute Gasteiger partial charge is 0.309 e. The summed E-state index contributed by atoms with van der Waals surface area (Å²) in [6.45, 7) is 0. The summed E-state index contributed by atoms with van der Waals surface area (Å²) in [5, 5.41) is 10.9. The van der Waals surface area contributed by atoms with E-state index in [1.54, 1.807) is 0 Å². The first kappa shape index (κ1) is 29.6. The summed E-state index contributed by atoms with van der Waals surface area (Å²) in [7, 11) is 0. The minimum absolute atomic E-state index is 0.719. The van der Waals surface area contributed by atoms with Crippen LogP contribution in [0.15, 0.2) is 188 Å². The topological polar surface area (TPSA) is 30.7 Å². The van der Waals surface area contributed by atoms with Gasteiger partial charge in [0, 0.05) is 33.0 Å². The van der Waals surface area contributed by atoms with Gasteiger partial charge in [0.15, 0.2) is 5.82 Å². The van der Waals surface area contributed by atoms with Gasteiger partial charge in [-0.3, -0.25) is 0 Å². The monoisotopic (exact) mass is 673 g/mol. The van der Waals surface area contributed by atoms with Gasteiger partial charge < -0.3 is 4.57 Å². The van der Waals surface area contributed by atoms with E-state index >= 15 is 0 Å². The van der Waals surface area contributed by atoms with Crippen molar-refractivity contribution in [2.45, 2.75) is 0 Å². The lowest BCUT2D eigenvalue weighted by Gasteiger charge is -2.13. The van der Waals surface area contributed by atoms with Gasteiger partial charge in [0.05, 0.1) is 22.2 Å². The van der Waals surface area contributed by atoms with E-state index in [2.05, 4.69) is 193 Å². The summed E-state index contributed by atoms with van der Waals surface area (Å²) in [5.41, 5.74) is 9.81. The molecule has 3 nitrogen and oxygen atoms in total. The van der Waals surface area contributed by atoms with Gasteiger partial charge in [-0.05, 0) is 79.8 Å². The number of aromatic nitrogens is 3. The smallest absolute Gasteiger partial charge is 0.161 e. The summed E-state index contributed by atoms with van der Waals surface area (Å²) in [6.07, 6.45) is 0. The molecule has 0 bridgehead atoms. The third kappa shape index (κ3) is 4.68. The number of rotatable bonds is 4. The number of para-hydroxylation sites is 1. The van der Waals surface area contributed by atoms with Crippen molar-refractivity contribution in [2.75, 3.05) is 0 Å². The lowest BCUT2D eigenvalue weighted by molar-refractivity contribution is 1.19. The summed E-state index contributed by atoms with van der Waals surface area (Å²) in [6, 6.07) is 67.3. The Labute approximate surface area is 306 Å². The minimum atomic E-state index is 0.719. The first-order valence-electron chi connectivity index (χ1n) is 18.1. The molecule has 0 fully saturated rings. The predicted molar refractivity (Wildman–Crippen MR) is 223 cm³/mol. The molecule has 11 aromatic rings. The quantitative estimate of drug-likeness (QED) is 0.186. The highest BCUT2D eigenvalue weighted by atomic mass is 15.0. The third-order valence-electron chi connectivity index (χ3n) is 10.8. The molecule has 0 unspecified atom stereocenters. The van der Waals surface area contributed by atoms with Crippen molar-refractivity contribution in [2.24, 2.45) is 0 Å². The summed E-state index contributed by atoms with van der Waals surface area (Å²) in [5.74, 6) is 0.719. The van der Waals surface area contributed by atoms with Crippen LogP contribution < -0.4 is 0 Å². The van der Waals surface area contributed by atoms with Gasteiger partial charge in [-0.25, -0.2) is 9.97 Å². The van der Waals surface area contributed by atoms with E-state index in [0.29, 0.717) is 0 Å². The number of hydrogen-bond acceptors (Lipinski definition) is 2. The fourth-order valence-electron chi connectivity index (χ4n) is 8.33. The maximum absolute atomic E-state index is 5.32. The van der Waals surface area contributed by atoms with E-state index in [4.69, 9.17) is 9.97 Å². The molecule has 3 heteroatoms. The molecule has 0 amide bonds. The van der Waals surface area contributed by atoms with Crippen LogP contribution in [-0.2, 0) is 0 Å². The molecule has 0 saturated heterocycles. The lowest BCUT2D eigenvalue weighted by Crippen LogP contribution is -1.97. The van der Waals surface area contributed by atoms with Gasteiger partial charge in [-0.15, -0.1) is 0 Å². The van der Waals surface area contributed by atoms with Gasteiger partial charge in [-0.2, -0.15) is 0 Å². The molecule has 9 aromatic carbocycles. The number of hydrogen-bond donors (Lipinski definition) is 0. The second-order valence-electron chi connectivity index (χ2n) is 13.8. The zero-order valence-corrected chi connectivity index (χ0v) is 28.7. The van der Waals surface area contributed by atoms with Crippen molar-refractivity contribution in [3.8, 4) is 39.5 Å². The first-order valence-corrected chi connectivity index (χ1v) is 18.1. The van der Waals surface area contributed by atoms with Crippen molar-refractivity contribution in [3.05, 3.63) is 188 Å². The molecule has 0 aliphatic heterocycles. The molecular formula is C50H31N3. The standard InChI is InChI=1S/C50H31N3/c1-2-12-32(13-3-1)35-16-10-18-37(30-35)49-43-21-8-9-23-44(43)51-50(52-49)42-22-11-17-36-31-38(26-27-39(36)42)53-45-28-24-33-14-4-6-19-40(33)47(45)48-41-20-7-5-15-34(41)25-29-46(48)53/h1-31H. The van der Waals surface area contributed by atoms with Crippen LogP contribution in [0.1, 0.15) is 0 Å². The molecule has 53 heavy (non-hydrogen) atoms. The van der Waals surface area contributed by atoms with E-state index in [1.165, 1.54) is 48.9 Å². The van der Waals surface area contributed by atoms with E-state index < -0.39 is 0 Å². The summed E-state index contributed by atoms with van der Waals surface area (Å²) >= 11 is 0. The maximum Gasteiger partial charge on any atom is 0.161 e. The third-order valence-corrected chi connectivity index (χ3v) is 10.8. The molecule has 2 aromatic heterocycles. The van der Waals surface area contributed by atoms with Crippen molar-refractivity contribution in [1.82, 2.24) is 14.5 Å². The van der Waals surface area contributed by atoms with Crippen LogP contribution in [0.4, 0.5) is 0 Å². The van der Waals surface area contributed by atoms with Crippen molar-refractivity contribution in [1.29, 1.82) is 0 Å². The number of benzene rings is 9. The fourth-order valence-corrected chi connectivity index (χ4v) is 8.33. The van der Waals surface area contributed by atoms with Crippen molar-refractivity contribution in [3.63, 3.8) is 0 Å². The number of nitrogens with zero attached hydrogens (tertiary/aromatic N) is 3. The highest BCUT2D eigenvalue weighted by Gasteiger charge is 2.19. The Morgan fingerprint density at radius 1 is 0.358 bits per heavy atom. The molecule has 0 spiro atoms. The molecule has 0 aliphatic carbocycles. The van der Waals surface area contributed by atoms with Crippen molar-refractivity contribution >= 4 is 65.0 Å². The van der Waals surface area contributed by atoms with Gasteiger partial charge >= 0.3 is 0 Å². The van der Waals surface area contributed by atoms with Crippen LogP contribution in [0, 0.1) is 0 Å². The fraction of sp³-hybridized carbons (Fsp3) is 0. The Kier molecular flexibility index (Phi) is 6.55. The van der Waals surface area contributed by atoms with Crippen LogP contribution in [-0.4, -0.2) is 14.5 Å². The highest BCUT2D eigenvalue weighted by molar-refractivity contribution is 6.28. The van der Waals surface area contributed by atoms with Crippen molar-refractivity contribution < 1.29 is 0 Å². The van der Waals surface area contributed by atoms with E-state index in [0.717, 1.165) is 55.6 Å². The Morgan fingerprint density at radius 3 is 1.72 bits per heavy atom. The zero-order valence-electron chi connectivity index (χ0n) is 28.7. The molecule has 11 rings (SSSR count). The second kappa shape index (κ2) is 11.7. The maximum atomic E-state index is 5.32. The lowest BCUT2D eigenvalue weighted by atomic mass is 9.99. The van der Waals surface area contributed by atoms with Crippen LogP contribution in [0.3, 0.4) is 0 Å². The molecule has 0 aliphatic rings. The van der Waals surface area contributed by atoms with E-state index in [-0.39, 0.29) is 0 Å². The molecule has 0 saturated carbocycles. The Balaban J connectivity index is 1.11. The summed E-state index contributed by atoms with van der Waals surface area (Å²) in [4.78, 5) is 10.5. The minimum Gasteiger partial charge on any atom is -0.309 e. The van der Waals surface area contributed by atoms with Gasteiger partial charge in [0.1, 0.15) is 0 Å². The summed E-state index contributed by atoms with van der Waals surface area (Å²) < 4.78 is 2.43. The predicted octanol–water partition coefficient (Wildman–Crippen LogP) is 13.2. The molecule has 0 atom stereocenters. The Hall–Kier alpha value is -7.10.